The lowest BCUT2D eigenvalue weighted by atomic mass is 10.1. The normalized spacial score (nSPS) is 10.8. The minimum atomic E-state index is -4.41. The van der Waals surface area contributed by atoms with Crippen molar-refractivity contribution >= 4 is 21.4 Å². The Kier molecular flexibility index (Phi) is 6.51. The summed E-state index contributed by atoms with van der Waals surface area (Å²) in [5.74, 6) is 2.39. The first-order valence-electron chi connectivity index (χ1n) is 7.43. The average molecular weight is 378 g/mol. The van der Waals surface area contributed by atoms with Crippen molar-refractivity contribution in [3.63, 3.8) is 0 Å². The van der Waals surface area contributed by atoms with E-state index >= 15 is 0 Å². The lowest BCUT2D eigenvalue weighted by Crippen LogP contribution is -1.97. The van der Waals surface area contributed by atoms with Gasteiger partial charge in [0.05, 0.1) is 33.0 Å². The van der Waals surface area contributed by atoms with Crippen LogP contribution in [-0.4, -0.2) is 34.3 Å². The van der Waals surface area contributed by atoms with Crippen molar-refractivity contribution in [3.05, 3.63) is 54.6 Å². The van der Waals surface area contributed by atoms with Gasteiger partial charge in [0.25, 0.3) is 0 Å². The van der Waals surface area contributed by atoms with Crippen LogP contribution in [0.4, 0.5) is 0 Å². The van der Waals surface area contributed by atoms with Gasteiger partial charge in [-0.2, -0.15) is 0 Å². The Morgan fingerprint density at radius 1 is 0.923 bits per heavy atom. The van der Waals surface area contributed by atoms with Crippen LogP contribution >= 0.6 is 0 Å². The molecule has 1 heterocycles. The third-order valence-corrected chi connectivity index (χ3v) is 3.84. The molecular formula is C18H18O7S. The van der Waals surface area contributed by atoms with E-state index in [-0.39, 0.29) is 0 Å². The van der Waals surface area contributed by atoms with Gasteiger partial charge < -0.3 is 14.0 Å². The Morgan fingerprint density at radius 2 is 1.54 bits per heavy atom. The van der Waals surface area contributed by atoms with Crippen molar-refractivity contribution < 1.29 is 31.0 Å². The van der Waals surface area contributed by atoms with Gasteiger partial charge in [0.2, 0.25) is 10.4 Å². The maximum Gasteiger partial charge on any atom is 0.364 e. The Hall–Kier alpha value is -2.68. The summed E-state index contributed by atoms with van der Waals surface area (Å²) in [5.41, 5.74) is 1.78. The van der Waals surface area contributed by atoms with E-state index in [0.717, 1.165) is 40.9 Å². The van der Waals surface area contributed by atoms with Crippen LogP contribution in [0.1, 0.15) is 0 Å². The molecule has 0 bridgehead atoms. The maximum absolute atomic E-state index is 9.22. The molecule has 0 fully saturated rings. The molecule has 26 heavy (non-hydrogen) atoms. The molecule has 1 aromatic heterocycles. The van der Waals surface area contributed by atoms with Crippen LogP contribution in [0.3, 0.4) is 0 Å². The number of rotatable bonds is 4. The van der Waals surface area contributed by atoms with Crippen LogP contribution < -0.4 is 9.47 Å². The highest BCUT2D eigenvalue weighted by atomic mass is 32.3. The standard InChI is InChI=1S/C17H15O3.CH4O4S/c1-18-13-9-7-12(8-10-13)16-11-17(19-2)14-5-3-4-6-15(14)20-16;1-5-6(2,3)4/h3-11H,1-2H3;1H3,(H,2,3,4)/q+1;/p-1. The summed E-state index contributed by atoms with van der Waals surface area (Å²) in [6.07, 6.45) is 0. The van der Waals surface area contributed by atoms with Crippen LogP contribution in [0.2, 0.25) is 0 Å². The maximum atomic E-state index is 9.22. The Morgan fingerprint density at radius 3 is 2.08 bits per heavy atom. The van der Waals surface area contributed by atoms with Crippen LogP contribution in [0.5, 0.6) is 11.5 Å². The molecule has 0 aliphatic rings. The van der Waals surface area contributed by atoms with Crippen LogP contribution in [0, 0.1) is 0 Å². The van der Waals surface area contributed by atoms with Gasteiger partial charge in [0, 0.05) is 6.07 Å². The first kappa shape index (κ1) is 19.6. The van der Waals surface area contributed by atoms with Gasteiger partial charge in [0.15, 0.2) is 0 Å². The fourth-order valence-corrected chi connectivity index (χ4v) is 2.17. The second-order valence-electron chi connectivity index (χ2n) is 4.98. The molecule has 138 valence electrons. The molecule has 0 aliphatic heterocycles. The number of methoxy groups -OCH3 is 2. The van der Waals surface area contributed by atoms with Crippen molar-refractivity contribution in [1.29, 1.82) is 0 Å². The fraction of sp³-hybridized carbons (Fsp3) is 0.167. The third kappa shape index (κ3) is 5.16. The summed E-state index contributed by atoms with van der Waals surface area (Å²) in [7, 11) is -0.287. The zero-order chi connectivity index (χ0) is 19.2. The average Bonchev–Trinajstić information content (AvgIpc) is 2.67. The van der Waals surface area contributed by atoms with E-state index in [1.165, 1.54) is 0 Å². The zero-order valence-electron chi connectivity index (χ0n) is 14.5. The van der Waals surface area contributed by atoms with Gasteiger partial charge in [-0.1, -0.05) is 12.1 Å². The largest absolute Gasteiger partial charge is 0.726 e. The van der Waals surface area contributed by atoms with E-state index in [1.807, 2.05) is 54.6 Å². The van der Waals surface area contributed by atoms with Crippen LogP contribution in [0.15, 0.2) is 59.0 Å². The number of hydrogen-bond acceptors (Lipinski definition) is 6. The molecule has 7 nitrogen and oxygen atoms in total. The van der Waals surface area contributed by atoms with Gasteiger partial charge in [-0.05, 0) is 30.3 Å². The molecule has 3 rings (SSSR count). The highest BCUT2D eigenvalue weighted by Gasteiger charge is 2.19. The number of hydrogen-bond donors (Lipinski definition) is 0. The number of ether oxygens (including phenoxy) is 2. The minimum absolute atomic E-state index is 0.767. The van der Waals surface area contributed by atoms with E-state index in [0.29, 0.717) is 0 Å². The number of fused-ring (bicyclic) bond motifs is 1. The van der Waals surface area contributed by atoms with Crippen molar-refractivity contribution in [3.8, 4) is 22.8 Å². The van der Waals surface area contributed by atoms with Crippen molar-refractivity contribution in [2.45, 2.75) is 0 Å². The Labute approximate surface area is 151 Å². The molecule has 3 aromatic rings. The summed E-state index contributed by atoms with van der Waals surface area (Å²) in [5, 5.41) is 0.965. The molecule has 0 radical (unpaired) electrons. The van der Waals surface area contributed by atoms with Gasteiger partial charge in [-0.25, -0.2) is 12.8 Å². The molecule has 0 aliphatic carbocycles. The molecule has 0 amide bonds. The molecule has 8 heteroatoms. The second kappa shape index (κ2) is 8.61. The molecule has 0 N–H and O–H groups in total. The summed E-state index contributed by atoms with van der Waals surface area (Å²) in [6.45, 7) is 0. The Balaban J connectivity index is 0.000000352. The predicted molar refractivity (Wildman–Crippen MR) is 95.9 cm³/mol. The highest BCUT2D eigenvalue weighted by Crippen LogP contribution is 2.32. The molecule has 0 spiro atoms. The third-order valence-electron chi connectivity index (χ3n) is 3.43. The molecule has 2 aromatic carbocycles. The Bertz CT molecular complexity index is 967. The quantitative estimate of drug-likeness (QED) is 0.389. The zero-order valence-corrected chi connectivity index (χ0v) is 15.3. The molecular weight excluding hydrogens is 360 g/mol. The van der Waals surface area contributed by atoms with Gasteiger partial charge in [-0.3, -0.25) is 4.18 Å². The van der Waals surface area contributed by atoms with E-state index in [4.69, 9.17) is 13.9 Å². The molecule has 0 atom stereocenters. The van der Waals surface area contributed by atoms with Gasteiger partial charge in [0.1, 0.15) is 16.9 Å². The minimum Gasteiger partial charge on any atom is -0.726 e. The van der Waals surface area contributed by atoms with E-state index in [9.17, 15) is 13.0 Å². The summed E-state index contributed by atoms with van der Waals surface area (Å²) >= 11 is 0. The summed E-state index contributed by atoms with van der Waals surface area (Å²) in [4.78, 5) is 0. The van der Waals surface area contributed by atoms with Crippen molar-refractivity contribution in [2.24, 2.45) is 0 Å². The first-order valence-corrected chi connectivity index (χ1v) is 8.77. The second-order valence-corrected chi connectivity index (χ2v) is 6.13. The fourth-order valence-electron chi connectivity index (χ4n) is 2.17. The summed E-state index contributed by atoms with van der Waals surface area (Å²) in [6, 6.07) is 17.5. The number of para-hydroxylation sites is 1. The summed E-state index contributed by atoms with van der Waals surface area (Å²) < 4.78 is 47.6. The topological polar surface area (TPSA) is 96.2 Å². The van der Waals surface area contributed by atoms with Crippen LogP contribution in [-0.2, 0) is 14.6 Å². The lowest BCUT2D eigenvalue weighted by molar-refractivity contribution is 0.314. The van der Waals surface area contributed by atoms with Gasteiger partial charge >= 0.3 is 11.3 Å². The van der Waals surface area contributed by atoms with Gasteiger partial charge in [-0.15, -0.1) is 0 Å². The van der Waals surface area contributed by atoms with Crippen molar-refractivity contribution in [2.75, 3.05) is 21.3 Å². The lowest BCUT2D eigenvalue weighted by Gasteiger charge is -2.02. The molecule has 0 saturated carbocycles. The van der Waals surface area contributed by atoms with E-state index < -0.39 is 10.4 Å². The van der Waals surface area contributed by atoms with E-state index in [2.05, 4.69) is 4.18 Å². The van der Waals surface area contributed by atoms with Crippen LogP contribution in [0.25, 0.3) is 22.3 Å². The first-order chi connectivity index (χ1) is 12.4. The molecule has 0 unspecified atom stereocenters. The SMILES string of the molecule is COS(=O)(=O)[O-].COc1ccc(-c2cc(OC)c3ccccc3[o+]2)cc1. The van der Waals surface area contributed by atoms with Crippen molar-refractivity contribution in [1.82, 2.24) is 0 Å². The monoisotopic (exact) mass is 378 g/mol. The smallest absolute Gasteiger partial charge is 0.364 e. The number of benzene rings is 2. The highest BCUT2D eigenvalue weighted by molar-refractivity contribution is 7.80. The molecule has 0 saturated heterocycles. The van der Waals surface area contributed by atoms with E-state index in [1.54, 1.807) is 14.2 Å². The predicted octanol–water partition coefficient (Wildman–Crippen LogP) is 3.49.